The van der Waals surface area contributed by atoms with Crippen molar-refractivity contribution in [3.63, 3.8) is 0 Å². The molecule has 1 amide bonds. The van der Waals surface area contributed by atoms with Gasteiger partial charge in [-0.15, -0.1) is 21.5 Å². The minimum absolute atomic E-state index is 0.0995. The minimum Gasteiger partial charge on any atom is -0.353 e. The average Bonchev–Trinajstić information content (AvgIpc) is 3.21. The molecule has 0 saturated heterocycles. The number of thioether (sulfide) groups is 1. The van der Waals surface area contributed by atoms with Gasteiger partial charge in [0, 0.05) is 12.6 Å². The van der Waals surface area contributed by atoms with Crippen molar-refractivity contribution in [2.45, 2.75) is 57.3 Å². The van der Waals surface area contributed by atoms with Gasteiger partial charge in [-0.3, -0.25) is 4.79 Å². The molecule has 1 N–H and O–H groups in total. The Labute approximate surface area is 151 Å². The summed E-state index contributed by atoms with van der Waals surface area (Å²) in [5.41, 5.74) is 0. The third-order valence-electron chi connectivity index (χ3n) is 4.41. The summed E-state index contributed by atoms with van der Waals surface area (Å²) in [5, 5.41) is 14.6. The van der Waals surface area contributed by atoms with E-state index in [1.807, 2.05) is 17.5 Å². The Morgan fingerprint density at radius 2 is 2.33 bits per heavy atom. The Morgan fingerprint density at radius 3 is 3.04 bits per heavy atom. The van der Waals surface area contributed by atoms with Gasteiger partial charge in [0.15, 0.2) is 11.0 Å². The third-order valence-corrected chi connectivity index (χ3v) is 6.24. The largest absolute Gasteiger partial charge is 0.353 e. The monoisotopic (exact) mass is 364 g/mol. The van der Waals surface area contributed by atoms with Gasteiger partial charge < -0.3 is 9.88 Å². The zero-order chi connectivity index (χ0) is 16.9. The number of nitrogens with zero attached hydrogens (tertiary/aromatic N) is 3. The first kappa shape index (κ1) is 17.5. The highest BCUT2D eigenvalue weighted by atomic mass is 32.2. The number of rotatable bonds is 6. The van der Waals surface area contributed by atoms with Crippen molar-refractivity contribution in [3.8, 4) is 10.7 Å². The summed E-state index contributed by atoms with van der Waals surface area (Å²) in [6.45, 7) is 5.14. The fourth-order valence-corrected chi connectivity index (χ4v) is 4.76. The molecule has 0 spiro atoms. The summed E-state index contributed by atoms with van der Waals surface area (Å²) >= 11 is 3.12. The quantitative estimate of drug-likeness (QED) is 0.792. The number of carbonyl (C=O) groups excluding carboxylic acids is 1. The fraction of sp³-hybridized carbons (Fsp3) is 0.588. The van der Waals surface area contributed by atoms with E-state index in [-0.39, 0.29) is 5.91 Å². The first-order valence-electron chi connectivity index (χ1n) is 8.56. The zero-order valence-electron chi connectivity index (χ0n) is 14.2. The highest BCUT2D eigenvalue weighted by Gasteiger charge is 2.21. The van der Waals surface area contributed by atoms with E-state index in [1.165, 1.54) is 24.6 Å². The maximum atomic E-state index is 12.2. The van der Waals surface area contributed by atoms with Gasteiger partial charge in [-0.25, -0.2) is 0 Å². The molecule has 1 fully saturated rings. The van der Waals surface area contributed by atoms with E-state index in [0.29, 0.717) is 17.7 Å². The van der Waals surface area contributed by atoms with Crippen molar-refractivity contribution in [1.29, 1.82) is 0 Å². The number of aromatic nitrogens is 3. The van der Waals surface area contributed by atoms with Gasteiger partial charge in [0.2, 0.25) is 5.91 Å². The second-order valence-corrected chi connectivity index (χ2v) is 8.24. The summed E-state index contributed by atoms with van der Waals surface area (Å²) < 4.78 is 2.08. The van der Waals surface area contributed by atoms with Crippen LogP contribution in [0.5, 0.6) is 0 Å². The fourth-order valence-electron chi connectivity index (χ4n) is 3.23. The van der Waals surface area contributed by atoms with E-state index in [0.717, 1.165) is 35.2 Å². The van der Waals surface area contributed by atoms with E-state index in [4.69, 9.17) is 0 Å². The summed E-state index contributed by atoms with van der Waals surface area (Å²) in [7, 11) is 0. The number of nitrogens with one attached hydrogen (secondary N) is 1. The summed E-state index contributed by atoms with van der Waals surface area (Å²) in [6, 6.07) is 4.40. The molecule has 0 aliphatic heterocycles. The van der Waals surface area contributed by atoms with E-state index in [9.17, 15) is 4.79 Å². The molecule has 3 rings (SSSR count). The normalized spacial score (nSPS) is 20.9. The van der Waals surface area contributed by atoms with Gasteiger partial charge in [0.05, 0.1) is 10.6 Å². The topological polar surface area (TPSA) is 59.8 Å². The minimum atomic E-state index is 0.0995. The third kappa shape index (κ3) is 4.19. The lowest BCUT2D eigenvalue weighted by atomic mass is 9.87. The summed E-state index contributed by atoms with van der Waals surface area (Å²) in [6.07, 6.45) is 4.71. The van der Waals surface area contributed by atoms with Crippen LogP contribution in [0.1, 0.15) is 39.5 Å². The Bertz CT molecular complexity index is 668. The number of carbonyl (C=O) groups is 1. The maximum Gasteiger partial charge on any atom is 0.230 e. The van der Waals surface area contributed by atoms with E-state index in [2.05, 4.69) is 33.9 Å². The molecule has 2 aromatic heterocycles. The van der Waals surface area contributed by atoms with Crippen LogP contribution < -0.4 is 5.32 Å². The van der Waals surface area contributed by atoms with Gasteiger partial charge in [0.1, 0.15) is 0 Å². The number of amides is 1. The summed E-state index contributed by atoms with van der Waals surface area (Å²) in [4.78, 5) is 13.3. The second-order valence-electron chi connectivity index (χ2n) is 6.35. The van der Waals surface area contributed by atoms with Gasteiger partial charge >= 0.3 is 0 Å². The molecule has 1 aliphatic rings. The van der Waals surface area contributed by atoms with E-state index in [1.54, 1.807) is 11.3 Å². The molecular weight excluding hydrogens is 340 g/mol. The van der Waals surface area contributed by atoms with Crippen molar-refractivity contribution >= 4 is 29.0 Å². The molecule has 1 saturated carbocycles. The Kier molecular flexibility index (Phi) is 5.94. The van der Waals surface area contributed by atoms with Crippen LogP contribution in [-0.4, -0.2) is 32.5 Å². The Morgan fingerprint density at radius 1 is 1.46 bits per heavy atom. The maximum absolute atomic E-state index is 12.2. The number of hydrogen-bond acceptors (Lipinski definition) is 5. The highest BCUT2D eigenvalue weighted by Crippen LogP contribution is 2.27. The van der Waals surface area contributed by atoms with Gasteiger partial charge in [0.25, 0.3) is 0 Å². The zero-order valence-corrected chi connectivity index (χ0v) is 15.8. The molecule has 5 nitrogen and oxygen atoms in total. The summed E-state index contributed by atoms with van der Waals surface area (Å²) in [5.74, 6) is 2.10. The second kappa shape index (κ2) is 8.16. The van der Waals surface area contributed by atoms with Crippen molar-refractivity contribution in [2.24, 2.45) is 5.92 Å². The standard InChI is InChI=1S/C17H24N4OS2/c1-3-21-16(14-8-5-9-23-14)19-20-17(21)24-11-15(22)18-13-7-4-6-12(2)10-13/h5,8-9,12-13H,3-4,6-7,10-11H2,1-2H3,(H,18,22). The lowest BCUT2D eigenvalue weighted by Crippen LogP contribution is -2.38. The molecule has 2 atom stereocenters. The molecule has 0 radical (unpaired) electrons. The lowest BCUT2D eigenvalue weighted by Gasteiger charge is -2.27. The van der Waals surface area contributed by atoms with Crippen LogP contribution in [0.15, 0.2) is 22.7 Å². The van der Waals surface area contributed by atoms with Crippen LogP contribution in [0.2, 0.25) is 0 Å². The predicted molar refractivity (Wildman–Crippen MR) is 99.3 cm³/mol. The molecule has 0 aromatic carbocycles. The molecule has 24 heavy (non-hydrogen) atoms. The van der Waals surface area contributed by atoms with Crippen molar-refractivity contribution in [1.82, 2.24) is 20.1 Å². The van der Waals surface area contributed by atoms with Crippen LogP contribution in [0.4, 0.5) is 0 Å². The number of thiophene rings is 1. The smallest absolute Gasteiger partial charge is 0.230 e. The molecule has 2 heterocycles. The van der Waals surface area contributed by atoms with Crippen LogP contribution >= 0.6 is 23.1 Å². The first-order valence-corrected chi connectivity index (χ1v) is 10.4. The van der Waals surface area contributed by atoms with Crippen LogP contribution in [0, 0.1) is 5.92 Å². The molecule has 2 unspecified atom stereocenters. The van der Waals surface area contributed by atoms with Gasteiger partial charge in [-0.2, -0.15) is 0 Å². The molecule has 130 valence electrons. The van der Waals surface area contributed by atoms with Gasteiger partial charge in [-0.1, -0.05) is 37.6 Å². The lowest BCUT2D eigenvalue weighted by molar-refractivity contribution is -0.119. The highest BCUT2D eigenvalue weighted by molar-refractivity contribution is 7.99. The van der Waals surface area contributed by atoms with E-state index < -0.39 is 0 Å². The van der Waals surface area contributed by atoms with Crippen LogP contribution in [-0.2, 0) is 11.3 Å². The Hall–Kier alpha value is -1.34. The van der Waals surface area contributed by atoms with E-state index >= 15 is 0 Å². The van der Waals surface area contributed by atoms with Gasteiger partial charge in [-0.05, 0) is 37.1 Å². The number of hydrogen-bond donors (Lipinski definition) is 1. The molecular formula is C17H24N4OS2. The predicted octanol–water partition coefficient (Wildman–Crippen LogP) is 3.81. The van der Waals surface area contributed by atoms with Crippen LogP contribution in [0.3, 0.4) is 0 Å². The van der Waals surface area contributed by atoms with Crippen molar-refractivity contribution in [3.05, 3.63) is 17.5 Å². The first-order chi connectivity index (χ1) is 11.7. The average molecular weight is 365 g/mol. The molecule has 2 aromatic rings. The SMILES string of the molecule is CCn1c(SCC(=O)NC2CCCC(C)C2)nnc1-c1cccs1. The van der Waals surface area contributed by atoms with Crippen molar-refractivity contribution < 1.29 is 4.79 Å². The molecule has 7 heteroatoms. The molecule has 1 aliphatic carbocycles. The Balaban J connectivity index is 1.57. The van der Waals surface area contributed by atoms with Crippen molar-refractivity contribution in [2.75, 3.05) is 5.75 Å². The van der Waals surface area contributed by atoms with Crippen LogP contribution in [0.25, 0.3) is 10.7 Å². The molecule has 0 bridgehead atoms.